The topological polar surface area (TPSA) is 66.9 Å². The lowest BCUT2D eigenvalue weighted by Gasteiger charge is -2.35. The minimum atomic E-state index is -4.78. The van der Waals surface area contributed by atoms with Gasteiger partial charge in [0.1, 0.15) is 5.75 Å². The number of rotatable bonds is 5. The van der Waals surface area contributed by atoms with E-state index in [9.17, 15) is 26.4 Å². The summed E-state index contributed by atoms with van der Waals surface area (Å²) in [4.78, 5) is 13.6. The van der Waals surface area contributed by atoms with Crippen LogP contribution in [-0.2, 0) is 21.0 Å². The molecule has 6 nitrogen and oxygen atoms in total. The SMILES string of the molecule is CC(Oc1ccccc1)C(=O)N1CCN(S(=O)(=O)c2ccc(Cl)c(C(F)(F)F)c2)CC1. The Kier molecular flexibility index (Phi) is 6.82. The molecular formula is C20H20ClF3N2O4S. The molecule has 1 aliphatic heterocycles. The minimum Gasteiger partial charge on any atom is -0.481 e. The van der Waals surface area contributed by atoms with Crippen molar-refractivity contribution in [2.24, 2.45) is 0 Å². The number of nitrogens with zero attached hydrogens (tertiary/aromatic N) is 2. The molecule has 11 heteroatoms. The number of carbonyl (C=O) groups is 1. The summed E-state index contributed by atoms with van der Waals surface area (Å²) in [5.74, 6) is 0.236. The van der Waals surface area contributed by atoms with E-state index < -0.39 is 37.8 Å². The standard InChI is InChI=1S/C20H20ClF3N2O4S/c1-14(30-15-5-3-2-4-6-15)19(27)25-9-11-26(12-10-25)31(28,29)16-7-8-18(21)17(13-16)20(22,23)24/h2-8,13-14H,9-12H2,1H3. The van der Waals surface area contributed by atoms with Gasteiger partial charge < -0.3 is 9.64 Å². The fraction of sp³-hybridized carbons (Fsp3) is 0.350. The van der Waals surface area contributed by atoms with Crippen LogP contribution < -0.4 is 4.74 Å². The molecule has 1 atom stereocenters. The average molecular weight is 477 g/mol. The van der Waals surface area contributed by atoms with Crippen LogP contribution in [0.25, 0.3) is 0 Å². The van der Waals surface area contributed by atoms with E-state index in [1.165, 1.54) is 4.90 Å². The lowest BCUT2D eigenvalue weighted by molar-refractivity contribution is -0.139. The first-order chi connectivity index (χ1) is 14.5. The minimum absolute atomic E-state index is 0.0455. The van der Waals surface area contributed by atoms with Crippen molar-refractivity contribution in [1.82, 2.24) is 9.21 Å². The zero-order chi connectivity index (χ0) is 22.8. The summed E-state index contributed by atoms with van der Waals surface area (Å²) in [7, 11) is -4.17. The molecular weight excluding hydrogens is 457 g/mol. The maximum Gasteiger partial charge on any atom is 0.417 e. The normalized spacial score (nSPS) is 16.7. The summed E-state index contributed by atoms with van der Waals surface area (Å²) < 4.78 is 71.5. The highest BCUT2D eigenvalue weighted by Gasteiger charge is 2.37. The van der Waals surface area contributed by atoms with Crippen LogP contribution in [0, 0.1) is 0 Å². The molecule has 1 saturated heterocycles. The van der Waals surface area contributed by atoms with Crippen molar-refractivity contribution in [3.8, 4) is 5.75 Å². The van der Waals surface area contributed by atoms with Crippen molar-refractivity contribution >= 4 is 27.5 Å². The number of halogens is 4. The van der Waals surface area contributed by atoms with Crippen LogP contribution >= 0.6 is 11.6 Å². The van der Waals surface area contributed by atoms with Gasteiger partial charge >= 0.3 is 6.18 Å². The molecule has 0 aliphatic carbocycles. The number of hydrogen-bond donors (Lipinski definition) is 0. The number of sulfonamides is 1. The molecule has 2 aromatic rings. The fourth-order valence-electron chi connectivity index (χ4n) is 3.19. The molecule has 168 valence electrons. The lowest BCUT2D eigenvalue weighted by Crippen LogP contribution is -2.53. The third kappa shape index (κ3) is 5.31. The Labute approximate surface area is 183 Å². The van der Waals surface area contributed by atoms with E-state index in [0.29, 0.717) is 11.8 Å². The van der Waals surface area contributed by atoms with Crippen LogP contribution in [-0.4, -0.2) is 55.8 Å². The molecule has 0 radical (unpaired) electrons. The maximum atomic E-state index is 13.1. The Morgan fingerprint density at radius 2 is 1.68 bits per heavy atom. The number of para-hydroxylation sites is 1. The number of carbonyl (C=O) groups excluding carboxylic acids is 1. The third-order valence-electron chi connectivity index (χ3n) is 4.84. The summed E-state index contributed by atoms with van der Waals surface area (Å²) in [6.07, 6.45) is -5.54. The summed E-state index contributed by atoms with van der Waals surface area (Å²) in [6, 6.07) is 11.3. The van der Waals surface area contributed by atoms with Gasteiger partial charge in [-0.25, -0.2) is 8.42 Å². The van der Waals surface area contributed by atoms with E-state index in [1.807, 2.05) is 6.07 Å². The highest BCUT2D eigenvalue weighted by atomic mass is 35.5. The Morgan fingerprint density at radius 1 is 1.06 bits per heavy atom. The fourth-order valence-corrected chi connectivity index (χ4v) is 4.86. The van der Waals surface area contributed by atoms with Gasteiger partial charge in [-0.1, -0.05) is 29.8 Å². The molecule has 1 aliphatic rings. The first-order valence-corrected chi connectivity index (χ1v) is 11.2. The van der Waals surface area contributed by atoms with Crippen molar-refractivity contribution in [3.05, 3.63) is 59.1 Å². The second-order valence-corrected chi connectivity index (χ2v) is 9.29. The zero-order valence-corrected chi connectivity index (χ0v) is 18.0. The molecule has 1 unspecified atom stereocenters. The van der Waals surface area contributed by atoms with Gasteiger partial charge in [0.05, 0.1) is 15.5 Å². The quantitative estimate of drug-likeness (QED) is 0.660. The zero-order valence-electron chi connectivity index (χ0n) is 16.5. The third-order valence-corrected chi connectivity index (χ3v) is 7.06. The van der Waals surface area contributed by atoms with E-state index in [1.54, 1.807) is 31.2 Å². The number of alkyl halides is 3. The Bertz CT molecular complexity index is 1040. The number of ether oxygens (including phenoxy) is 1. The summed E-state index contributed by atoms with van der Waals surface area (Å²) in [5, 5.41) is -0.575. The second-order valence-electron chi connectivity index (χ2n) is 6.94. The van der Waals surface area contributed by atoms with Crippen molar-refractivity contribution < 1.29 is 31.1 Å². The first-order valence-electron chi connectivity index (χ1n) is 9.37. The van der Waals surface area contributed by atoms with Gasteiger partial charge in [0.15, 0.2) is 6.10 Å². The molecule has 0 saturated carbocycles. The smallest absolute Gasteiger partial charge is 0.417 e. The molecule has 1 fully saturated rings. The van der Waals surface area contributed by atoms with Crippen LogP contribution in [0.3, 0.4) is 0 Å². The van der Waals surface area contributed by atoms with Gasteiger partial charge in [-0.2, -0.15) is 17.5 Å². The van der Waals surface area contributed by atoms with E-state index in [2.05, 4.69) is 0 Å². The predicted molar refractivity (Wildman–Crippen MR) is 108 cm³/mol. The molecule has 1 heterocycles. The first kappa shape index (κ1) is 23.4. The van der Waals surface area contributed by atoms with Crippen molar-refractivity contribution in [1.29, 1.82) is 0 Å². The van der Waals surface area contributed by atoms with Crippen molar-refractivity contribution in [2.75, 3.05) is 26.2 Å². The second kappa shape index (κ2) is 9.05. The highest BCUT2D eigenvalue weighted by molar-refractivity contribution is 7.89. The van der Waals surface area contributed by atoms with E-state index in [-0.39, 0.29) is 32.1 Å². The van der Waals surface area contributed by atoms with Crippen LogP contribution in [0.2, 0.25) is 5.02 Å². The summed E-state index contributed by atoms with van der Waals surface area (Å²) in [6.45, 7) is 1.71. The molecule has 0 N–H and O–H groups in total. The van der Waals surface area contributed by atoms with Crippen LogP contribution in [0.5, 0.6) is 5.75 Å². The monoisotopic (exact) mass is 476 g/mol. The number of hydrogen-bond acceptors (Lipinski definition) is 4. The van der Waals surface area contributed by atoms with Gasteiger partial charge in [-0.05, 0) is 37.3 Å². The van der Waals surface area contributed by atoms with E-state index in [4.69, 9.17) is 16.3 Å². The Morgan fingerprint density at radius 3 is 2.26 bits per heavy atom. The van der Waals surface area contributed by atoms with Gasteiger partial charge in [0, 0.05) is 26.2 Å². The van der Waals surface area contributed by atoms with Gasteiger partial charge in [0.2, 0.25) is 10.0 Å². The summed E-state index contributed by atoms with van der Waals surface area (Å²) >= 11 is 5.57. The average Bonchev–Trinajstić information content (AvgIpc) is 2.73. The van der Waals surface area contributed by atoms with Crippen molar-refractivity contribution in [3.63, 3.8) is 0 Å². The number of benzene rings is 2. The highest BCUT2D eigenvalue weighted by Crippen LogP contribution is 2.36. The molecule has 0 spiro atoms. The predicted octanol–water partition coefficient (Wildman–Crippen LogP) is 3.66. The molecule has 2 aromatic carbocycles. The van der Waals surface area contributed by atoms with E-state index >= 15 is 0 Å². The van der Waals surface area contributed by atoms with E-state index in [0.717, 1.165) is 16.4 Å². The molecule has 0 bridgehead atoms. The summed E-state index contributed by atoms with van der Waals surface area (Å²) in [5.41, 5.74) is -1.21. The lowest BCUT2D eigenvalue weighted by atomic mass is 10.2. The molecule has 3 rings (SSSR count). The van der Waals surface area contributed by atoms with Crippen LogP contribution in [0.15, 0.2) is 53.4 Å². The van der Waals surface area contributed by atoms with Gasteiger partial charge in [-0.3, -0.25) is 4.79 Å². The largest absolute Gasteiger partial charge is 0.481 e. The number of piperazine rings is 1. The van der Waals surface area contributed by atoms with Crippen LogP contribution in [0.1, 0.15) is 12.5 Å². The number of amides is 1. The molecule has 31 heavy (non-hydrogen) atoms. The van der Waals surface area contributed by atoms with Gasteiger partial charge in [-0.15, -0.1) is 0 Å². The van der Waals surface area contributed by atoms with Crippen LogP contribution in [0.4, 0.5) is 13.2 Å². The molecule has 1 amide bonds. The van der Waals surface area contributed by atoms with Crippen molar-refractivity contribution in [2.45, 2.75) is 24.1 Å². The van der Waals surface area contributed by atoms with Gasteiger partial charge in [0.25, 0.3) is 5.91 Å². The Balaban J connectivity index is 1.67. The maximum absolute atomic E-state index is 13.1. The molecule has 0 aromatic heterocycles. The Hall–Kier alpha value is -2.30.